The third-order valence-corrected chi connectivity index (χ3v) is 3.93. The molecule has 0 aliphatic carbocycles. The molecule has 0 bridgehead atoms. The van der Waals surface area contributed by atoms with Crippen LogP contribution in [0.4, 0.5) is 0 Å². The molecule has 1 N–H and O–H groups in total. The van der Waals surface area contributed by atoms with E-state index < -0.39 is 0 Å². The molecule has 1 heterocycles. The Hall–Kier alpha value is -0.540. The van der Waals surface area contributed by atoms with Crippen molar-refractivity contribution in [3.05, 3.63) is 28.2 Å². The Bertz CT molecular complexity index is 348. The van der Waals surface area contributed by atoms with Crippen LogP contribution in [0.15, 0.2) is 22.7 Å². The lowest BCUT2D eigenvalue weighted by Gasteiger charge is -2.24. The van der Waals surface area contributed by atoms with Gasteiger partial charge < -0.3 is 10.1 Å². The number of halogens is 1. The highest BCUT2D eigenvalue weighted by molar-refractivity contribution is 9.10. The molecule has 2 nitrogen and oxygen atoms in total. The van der Waals surface area contributed by atoms with Crippen LogP contribution in [0, 0.1) is 5.92 Å². The minimum atomic E-state index is 0.737. The zero-order chi connectivity index (χ0) is 11.4. The van der Waals surface area contributed by atoms with Crippen LogP contribution in [0.3, 0.4) is 0 Å². The van der Waals surface area contributed by atoms with Crippen LogP contribution >= 0.6 is 15.9 Å². The smallest absolute Gasteiger partial charge is 0.123 e. The number of hydrogen-bond donors (Lipinski definition) is 1. The van der Waals surface area contributed by atoms with Gasteiger partial charge in [-0.2, -0.15) is 0 Å². The molecule has 1 atom stereocenters. The van der Waals surface area contributed by atoms with E-state index in [1.54, 1.807) is 7.11 Å². The van der Waals surface area contributed by atoms with Crippen LogP contribution in [0.2, 0.25) is 0 Å². The monoisotopic (exact) mass is 283 g/mol. The maximum Gasteiger partial charge on any atom is 0.123 e. The molecule has 1 saturated heterocycles. The topological polar surface area (TPSA) is 21.3 Å². The SMILES string of the molecule is COc1cccc(Br)c1CC1CCCNC1. The lowest BCUT2D eigenvalue weighted by atomic mass is 9.92. The molecule has 1 aromatic carbocycles. The molecular formula is C13H18BrNO. The lowest BCUT2D eigenvalue weighted by molar-refractivity contribution is 0.363. The van der Waals surface area contributed by atoms with E-state index >= 15 is 0 Å². The van der Waals surface area contributed by atoms with Crippen LogP contribution in [-0.4, -0.2) is 20.2 Å². The quantitative estimate of drug-likeness (QED) is 0.921. The van der Waals surface area contributed by atoms with Gasteiger partial charge in [-0.1, -0.05) is 22.0 Å². The second-order valence-corrected chi connectivity index (χ2v) is 5.19. The molecule has 0 aromatic heterocycles. The number of ether oxygens (including phenoxy) is 1. The number of nitrogens with one attached hydrogen (secondary N) is 1. The first-order valence-corrected chi connectivity index (χ1v) is 6.62. The molecular weight excluding hydrogens is 266 g/mol. The molecule has 0 radical (unpaired) electrons. The van der Waals surface area contributed by atoms with Crippen LogP contribution in [0.1, 0.15) is 18.4 Å². The van der Waals surface area contributed by atoms with Crippen molar-refractivity contribution in [1.29, 1.82) is 0 Å². The molecule has 1 unspecified atom stereocenters. The molecule has 0 spiro atoms. The summed E-state index contributed by atoms with van der Waals surface area (Å²) in [6.07, 6.45) is 3.70. The van der Waals surface area contributed by atoms with E-state index in [0.717, 1.165) is 29.1 Å². The summed E-state index contributed by atoms with van der Waals surface area (Å²) in [4.78, 5) is 0. The average Bonchev–Trinajstić information content (AvgIpc) is 2.33. The van der Waals surface area contributed by atoms with E-state index in [4.69, 9.17) is 4.74 Å². The van der Waals surface area contributed by atoms with Gasteiger partial charge in [0.1, 0.15) is 5.75 Å². The van der Waals surface area contributed by atoms with Crippen molar-refractivity contribution in [2.75, 3.05) is 20.2 Å². The number of rotatable bonds is 3. The molecule has 0 saturated carbocycles. The van der Waals surface area contributed by atoms with E-state index in [2.05, 4.69) is 27.3 Å². The average molecular weight is 284 g/mol. The van der Waals surface area contributed by atoms with E-state index in [-0.39, 0.29) is 0 Å². The Morgan fingerprint density at radius 1 is 1.50 bits per heavy atom. The molecule has 2 rings (SSSR count). The van der Waals surface area contributed by atoms with Crippen LogP contribution in [0.5, 0.6) is 5.75 Å². The van der Waals surface area contributed by atoms with Crippen molar-refractivity contribution >= 4 is 15.9 Å². The van der Waals surface area contributed by atoms with Gasteiger partial charge in [-0.3, -0.25) is 0 Å². The molecule has 1 aromatic rings. The van der Waals surface area contributed by atoms with Crippen molar-refractivity contribution in [3.8, 4) is 5.75 Å². The van der Waals surface area contributed by atoms with Crippen LogP contribution in [0.25, 0.3) is 0 Å². The van der Waals surface area contributed by atoms with Crippen molar-refractivity contribution in [3.63, 3.8) is 0 Å². The van der Waals surface area contributed by atoms with Gasteiger partial charge in [-0.15, -0.1) is 0 Å². The normalized spacial score (nSPS) is 20.8. The highest BCUT2D eigenvalue weighted by Crippen LogP contribution is 2.30. The summed E-state index contributed by atoms with van der Waals surface area (Å²) in [7, 11) is 1.74. The Morgan fingerprint density at radius 3 is 3.06 bits per heavy atom. The maximum atomic E-state index is 5.42. The summed E-state index contributed by atoms with van der Waals surface area (Å²) in [5, 5.41) is 3.46. The van der Waals surface area contributed by atoms with Gasteiger partial charge in [-0.05, 0) is 50.4 Å². The number of piperidine rings is 1. The molecule has 88 valence electrons. The summed E-state index contributed by atoms with van der Waals surface area (Å²) in [6.45, 7) is 2.30. The van der Waals surface area contributed by atoms with Gasteiger partial charge in [0.25, 0.3) is 0 Å². The van der Waals surface area contributed by atoms with Gasteiger partial charge in [0.15, 0.2) is 0 Å². The number of benzene rings is 1. The summed E-state index contributed by atoms with van der Waals surface area (Å²) < 4.78 is 6.58. The Balaban J connectivity index is 2.12. The summed E-state index contributed by atoms with van der Waals surface area (Å²) >= 11 is 3.61. The van der Waals surface area contributed by atoms with E-state index in [9.17, 15) is 0 Å². The minimum absolute atomic E-state index is 0.737. The standard InChI is InChI=1S/C13H18BrNO/c1-16-13-6-2-5-12(14)11(13)8-10-4-3-7-15-9-10/h2,5-6,10,15H,3-4,7-9H2,1H3. The first kappa shape index (κ1) is 11.9. The molecule has 3 heteroatoms. The fraction of sp³-hybridized carbons (Fsp3) is 0.538. The summed E-state index contributed by atoms with van der Waals surface area (Å²) in [5.41, 5.74) is 1.30. The molecule has 16 heavy (non-hydrogen) atoms. The summed E-state index contributed by atoms with van der Waals surface area (Å²) in [6, 6.07) is 6.15. The van der Waals surface area contributed by atoms with Gasteiger partial charge >= 0.3 is 0 Å². The highest BCUT2D eigenvalue weighted by atomic mass is 79.9. The van der Waals surface area contributed by atoms with Crippen LogP contribution in [-0.2, 0) is 6.42 Å². The maximum absolute atomic E-state index is 5.42. The van der Waals surface area contributed by atoms with Crippen molar-refractivity contribution < 1.29 is 4.74 Å². The fourth-order valence-electron chi connectivity index (χ4n) is 2.32. The Morgan fingerprint density at radius 2 is 2.38 bits per heavy atom. The van der Waals surface area contributed by atoms with Gasteiger partial charge in [0, 0.05) is 10.0 Å². The van der Waals surface area contributed by atoms with E-state index in [0.29, 0.717) is 0 Å². The minimum Gasteiger partial charge on any atom is -0.496 e. The zero-order valence-electron chi connectivity index (χ0n) is 9.63. The Kier molecular flexibility index (Phi) is 4.24. The second-order valence-electron chi connectivity index (χ2n) is 4.34. The predicted octanol–water partition coefficient (Wildman–Crippen LogP) is 3.00. The predicted molar refractivity (Wildman–Crippen MR) is 70.0 cm³/mol. The van der Waals surface area contributed by atoms with Crippen LogP contribution < -0.4 is 10.1 Å². The third kappa shape index (κ3) is 2.77. The lowest BCUT2D eigenvalue weighted by Crippen LogP contribution is -2.31. The zero-order valence-corrected chi connectivity index (χ0v) is 11.2. The fourth-order valence-corrected chi connectivity index (χ4v) is 2.82. The number of hydrogen-bond acceptors (Lipinski definition) is 2. The Labute approximate surface area is 106 Å². The number of methoxy groups -OCH3 is 1. The second kappa shape index (κ2) is 5.69. The molecule has 0 amide bonds. The van der Waals surface area contributed by atoms with Crippen molar-refractivity contribution in [1.82, 2.24) is 5.32 Å². The highest BCUT2D eigenvalue weighted by Gasteiger charge is 2.17. The van der Waals surface area contributed by atoms with Gasteiger partial charge in [0.05, 0.1) is 7.11 Å². The van der Waals surface area contributed by atoms with E-state index in [1.807, 2.05) is 12.1 Å². The molecule has 1 fully saturated rings. The summed E-state index contributed by atoms with van der Waals surface area (Å²) in [5.74, 6) is 1.74. The van der Waals surface area contributed by atoms with Crippen molar-refractivity contribution in [2.45, 2.75) is 19.3 Å². The van der Waals surface area contributed by atoms with Gasteiger partial charge in [0.2, 0.25) is 0 Å². The first-order chi connectivity index (χ1) is 7.81. The molecule has 1 aliphatic heterocycles. The van der Waals surface area contributed by atoms with Gasteiger partial charge in [-0.25, -0.2) is 0 Å². The largest absolute Gasteiger partial charge is 0.496 e. The molecule has 1 aliphatic rings. The first-order valence-electron chi connectivity index (χ1n) is 5.83. The third-order valence-electron chi connectivity index (χ3n) is 3.19. The van der Waals surface area contributed by atoms with E-state index in [1.165, 1.54) is 24.9 Å². The van der Waals surface area contributed by atoms with Crippen molar-refractivity contribution in [2.24, 2.45) is 5.92 Å².